The minimum atomic E-state index is 0.0946. The lowest BCUT2D eigenvalue weighted by Gasteiger charge is -2.36. The van der Waals surface area contributed by atoms with Gasteiger partial charge in [-0.05, 0) is 43.0 Å². The molecular weight excluding hydrogens is 262 g/mol. The Labute approximate surface area is 124 Å². The average Bonchev–Trinajstić information content (AvgIpc) is 2.56. The molecule has 4 nitrogen and oxygen atoms in total. The second-order valence-electron chi connectivity index (χ2n) is 5.39. The van der Waals surface area contributed by atoms with Crippen LogP contribution < -0.4 is 5.73 Å². The Morgan fingerprint density at radius 1 is 1.14 bits per heavy atom. The largest absolute Gasteiger partial charge is 0.384 e. The van der Waals surface area contributed by atoms with Gasteiger partial charge in [-0.25, -0.2) is 4.98 Å². The number of nitrogens with zero attached hydrogens (tertiary/aromatic N) is 2. The summed E-state index contributed by atoms with van der Waals surface area (Å²) in [6.07, 6.45) is 4.95. The van der Waals surface area contributed by atoms with Crippen molar-refractivity contribution in [1.82, 2.24) is 9.88 Å². The number of nitrogens with two attached hydrogens (primary N) is 1. The summed E-state index contributed by atoms with van der Waals surface area (Å²) in [4.78, 5) is 18.9. The first-order chi connectivity index (χ1) is 10.3. The molecule has 0 bridgehead atoms. The molecule has 1 aliphatic heterocycles. The number of hydrogen-bond acceptors (Lipinski definition) is 3. The smallest absolute Gasteiger partial charge is 0.254 e. The van der Waals surface area contributed by atoms with Crippen molar-refractivity contribution >= 4 is 11.7 Å². The van der Waals surface area contributed by atoms with Crippen molar-refractivity contribution in [3.8, 4) is 0 Å². The van der Waals surface area contributed by atoms with Crippen molar-refractivity contribution in [2.75, 3.05) is 12.3 Å². The van der Waals surface area contributed by atoms with Crippen LogP contribution in [0.4, 0.5) is 5.82 Å². The Hall–Kier alpha value is -2.36. The van der Waals surface area contributed by atoms with Gasteiger partial charge < -0.3 is 10.6 Å². The van der Waals surface area contributed by atoms with Crippen LogP contribution in [0, 0.1) is 0 Å². The lowest BCUT2D eigenvalue weighted by atomic mass is 9.95. The predicted octanol–water partition coefficient (Wildman–Crippen LogP) is 3.03. The Kier molecular flexibility index (Phi) is 3.86. The molecule has 0 aliphatic carbocycles. The molecule has 2 heterocycles. The molecule has 2 aromatic rings. The van der Waals surface area contributed by atoms with E-state index in [9.17, 15) is 4.79 Å². The Balaban J connectivity index is 1.88. The molecule has 1 aromatic heterocycles. The number of hydrogen-bond donors (Lipinski definition) is 1. The maximum atomic E-state index is 12.7. The predicted molar refractivity (Wildman–Crippen MR) is 82.7 cm³/mol. The van der Waals surface area contributed by atoms with E-state index in [2.05, 4.69) is 4.98 Å². The second-order valence-corrected chi connectivity index (χ2v) is 5.39. The highest BCUT2D eigenvalue weighted by molar-refractivity contribution is 5.94. The molecule has 1 unspecified atom stereocenters. The molecular formula is C17H19N3O. The van der Waals surface area contributed by atoms with Crippen LogP contribution in [0.5, 0.6) is 0 Å². The number of aromatic nitrogens is 1. The summed E-state index contributed by atoms with van der Waals surface area (Å²) < 4.78 is 0. The third kappa shape index (κ3) is 2.89. The molecule has 0 spiro atoms. The van der Waals surface area contributed by atoms with E-state index in [1.54, 1.807) is 12.3 Å². The fourth-order valence-corrected chi connectivity index (χ4v) is 2.88. The zero-order valence-electron chi connectivity index (χ0n) is 11.9. The summed E-state index contributed by atoms with van der Waals surface area (Å²) in [7, 11) is 0. The zero-order chi connectivity index (χ0) is 14.7. The van der Waals surface area contributed by atoms with E-state index in [1.807, 2.05) is 41.3 Å². The Morgan fingerprint density at radius 3 is 2.67 bits per heavy atom. The summed E-state index contributed by atoms with van der Waals surface area (Å²) >= 11 is 0. The first-order valence-electron chi connectivity index (χ1n) is 7.33. The summed E-state index contributed by atoms with van der Waals surface area (Å²) in [5, 5.41) is 0. The topological polar surface area (TPSA) is 59.2 Å². The number of rotatable bonds is 2. The Morgan fingerprint density at radius 2 is 1.95 bits per heavy atom. The van der Waals surface area contributed by atoms with Gasteiger partial charge in [-0.3, -0.25) is 4.79 Å². The number of carbonyl (C=O) groups is 1. The molecule has 4 heteroatoms. The second kappa shape index (κ2) is 5.95. The fourth-order valence-electron chi connectivity index (χ4n) is 2.88. The quantitative estimate of drug-likeness (QED) is 0.920. The Bertz CT molecular complexity index is 610. The average molecular weight is 281 g/mol. The van der Waals surface area contributed by atoms with Gasteiger partial charge in [-0.15, -0.1) is 0 Å². The van der Waals surface area contributed by atoms with Crippen LogP contribution in [0.3, 0.4) is 0 Å². The molecule has 1 aromatic carbocycles. The number of benzene rings is 1. The van der Waals surface area contributed by atoms with Crippen molar-refractivity contribution in [3.63, 3.8) is 0 Å². The van der Waals surface area contributed by atoms with E-state index >= 15 is 0 Å². The van der Waals surface area contributed by atoms with E-state index in [0.29, 0.717) is 5.82 Å². The molecule has 1 fully saturated rings. The molecule has 1 aliphatic rings. The monoisotopic (exact) mass is 281 g/mol. The third-order valence-corrected chi connectivity index (χ3v) is 3.98. The lowest BCUT2D eigenvalue weighted by Crippen LogP contribution is -2.38. The lowest BCUT2D eigenvalue weighted by molar-refractivity contribution is 0.0611. The van der Waals surface area contributed by atoms with E-state index in [0.717, 1.165) is 36.9 Å². The first kappa shape index (κ1) is 13.6. The van der Waals surface area contributed by atoms with Crippen LogP contribution >= 0.6 is 0 Å². The fraction of sp³-hybridized carbons (Fsp3) is 0.294. The van der Waals surface area contributed by atoms with Crippen LogP contribution in [0.25, 0.3) is 0 Å². The highest BCUT2D eigenvalue weighted by Gasteiger charge is 2.28. The van der Waals surface area contributed by atoms with Gasteiger partial charge in [0.25, 0.3) is 5.91 Å². The number of likely N-dealkylation sites (tertiary alicyclic amines) is 1. The summed E-state index contributed by atoms with van der Waals surface area (Å²) in [5.41, 5.74) is 7.46. The van der Waals surface area contributed by atoms with Gasteiger partial charge >= 0.3 is 0 Å². The first-order valence-corrected chi connectivity index (χ1v) is 7.33. The van der Waals surface area contributed by atoms with Crippen molar-refractivity contribution in [2.24, 2.45) is 0 Å². The van der Waals surface area contributed by atoms with Crippen LogP contribution in [0.15, 0.2) is 48.7 Å². The van der Waals surface area contributed by atoms with Crippen LogP contribution in [-0.2, 0) is 0 Å². The van der Waals surface area contributed by atoms with Crippen molar-refractivity contribution in [3.05, 3.63) is 59.8 Å². The van der Waals surface area contributed by atoms with E-state index in [4.69, 9.17) is 5.73 Å². The normalized spacial score (nSPS) is 18.5. The molecule has 3 rings (SSSR count). The minimum absolute atomic E-state index is 0.0946. The minimum Gasteiger partial charge on any atom is -0.384 e. The van der Waals surface area contributed by atoms with Gasteiger partial charge in [0, 0.05) is 18.3 Å². The SMILES string of the molecule is Nc1ccc(C2CCCCN2C(=O)c2ccccc2)cn1. The van der Waals surface area contributed by atoms with Crippen LogP contribution in [0.2, 0.25) is 0 Å². The van der Waals surface area contributed by atoms with E-state index < -0.39 is 0 Å². The van der Waals surface area contributed by atoms with Gasteiger partial charge in [-0.2, -0.15) is 0 Å². The van der Waals surface area contributed by atoms with E-state index in [-0.39, 0.29) is 11.9 Å². The number of carbonyl (C=O) groups excluding carboxylic acids is 1. The van der Waals surface area contributed by atoms with Crippen LogP contribution in [-0.4, -0.2) is 22.3 Å². The number of nitrogen functional groups attached to an aromatic ring is 1. The van der Waals surface area contributed by atoms with Gasteiger partial charge in [0.2, 0.25) is 0 Å². The number of amides is 1. The van der Waals surface area contributed by atoms with Gasteiger partial charge in [0.1, 0.15) is 5.82 Å². The number of piperidine rings is 1. The summed E-state index contributed by atoms with van der Waals surface area (Å²) in [6.45, 7) is 0.794. The van der Waals surface area contributed by atoms with E-state index in [1.165, 1.54) is 0 Å². The highest BCUT2D eigenvalue weighted by Crippen LogP contribution is 2.31. The molecule has 0 radical (unpaired) electrons. The third-order valence-electron chi connectivity index (χ3n) is 3.98. The molecule has 1 atom stereocenters. The number of anilines is 1. The zero-order valence-corrected chi connectivity index (χ0v) is 11.9. The molecule has 108 valence electrons. The van der Waals surface area contributed by atoms with Crippen LogP contribution in [0.1, 0.15) is 41.2 Å². The molecule has 1 saturated heterocycles. The maximum Gasteiger partial charge on any atom is 0.254 e. The summed E-state index contributed by atoms with van der Waals surface area (Å²) in [6, 6.07) is 13.3. The maximum absolute atomic E-state index is 12.7. The molecule has 2 N–H and O–H groups in total. The standard InChI is InChI=1S/C17H19N3O/c18-16-10-9-14(12-19-16)15-8-4-5-11-20(15)17(21)13-6-2-1-3-7-13/h1-3,6-7,9-10,12,15H,4-5,8,11H2,(H2,18,19). The van der Waals surface area contributed by atoms with Gasteiger partial charge in [0.15, 0.2) is 0 Å². The van der Waals surface area contributed by atoms with Gasteiger partial charge in [0.05, 0.1) is 6.04 Å². The van der Waals surface area contributed by atoms with Crippen molar-refractivity contribution < 1.29 is 4.79 Å². The summed E-state index contributed by atoms with van der Waals surface area (Å²) in [5.74, 6) is 0.604. The molecule has 1 amide bonds. The molecule has 21 heavy (non-hydrogen) atoms. The number of pyridine rings is 1. The van der Waals surface area contributed by atoms with Gasteiger partial charge in [-0.1, -0.05) is 24.3 Å². The highest BCUT2D eigenvalue weighted by atomic mass is 16.2. The van der Waals surface area contributed by atoms with Crippen molar-refractivity contribution in [2.45, 2.75) is 25.3 Å². The molecule has 0 saturated carbocycles. The van der Waals surface area contributed by atoms with Crippen molar-refractivity contribution in [1.29, 1.82) is 0 Å².